The van der Waals surface area contributed by atoms with Crippen LogP contribution in [0.15, 0.2) is 30.3 Å². The summed E-state index contributed by atoms with van der Waals surface area (Å²) < 4.78 is 0. The second-order valence-electron chi connectivity index (χ2n) is 8.78. The highest BCUT2D eigenvalue weighted by Gasteiger charge is 2.27. The molecular formula is C24H30N2O2S. The topological polar surface area (TPSA) is 72.2 Å². The molecule has 0 fully saturated rings. The predicted molar refractivity (Wildman–Crippen MR) is 121 cm³/mol. The number of nitrogens with one attached hydrogen (secondary N) is 1. The summed E-state index contributed by atoms with van der Waals surface area (Å²) in [6.45, 7) is 8.71. The number of thiophene rings is 1. The third-order valence-electron chi connectivity index (χ3n) is 5.63. The minimum Gasteiger partial charge on any atom is -0.365 e. The lowest BCUT2D eigenvalue weighted by Crippen LogP contribution is -2.19. The third-order valence-corrected chi connectivity index (χ3v) is 6.80. The first-order valence-electron chi connectivity index (χ1n) is 10.2. The number of fused-ring (bicyclic) bond motifs is 1. The number of benzene rings is 1. The van der Waals surface area contributed by atoms with Crippen LogP contribution in [0.2, 0.25) is 0 Å². The van der Waals surface area contributed by atoms with Crippen molar-refractivity contribution in [1.29, 1.82) is 0 Å². The molecule has 154 valence electrons. The molecule has 0 spiro atoms. The minimum absolute atomic E-state index is 0.0971. The first-order valence-corrected chi connectivity index (χ1v) is 11.0. The Kier molecular flexibility index (Phi) is 6.27. The highest BCUT2D eigenvalue weighted by Crippen LogP contribution is 2.40. The Morgan fingerprint density at radius 3 is 2.52 bits per heavy atom. The summed E-state index contributed by atoms with van der Waals surface area (Å²) in [4.78, 5) is 25.7. The number of hydrogen-bond acceptors (Lipinski definition) is 3. The Hall–Kier alpha value is -2.40. The highest BCUT2D eigenvalue weighted by molar-refractivity contribution is 7.17. The number of carbonyl (C=O) groups excluding carboxylic acids is 2. The lowest BCUT2D eigenvalue weighted by Gasteiger charge is -2.20. The van der Waals surface area contributed by atoms with Gasteiger partial charge in [-0.2, -0.15) is 0 Å². The molecule has 29 heavy (non-hydrogen) atoms. The molecule has 1 aromatic heterocycles. The zero-order valence-corrected chi connectivity index (χ0v) is 18.5. The van der Waals surface area contributed by atoms with Crippen LogP contribution < -0.4 is 11.1 Å². The number of rotatable bonds is 5. The Labute approximate surface area is 177 Å². The van der Waals surface area contributed by atoms with Gasteiger partial charge in [0.15, 0.2) is 0 Å². The molecule has 1 unspecified atom stereocenters. The van der Waals surface area contributed by atoms with E-state index in [-0.39, 0.29) is 11.3 Å². The predicted octanol–water partition coefficient (Wildman–Crippen LogP) is 5.31. The lowest BCUT2D eigenvalue weighted by molar-refractivity contribution is -0.111. The van der Waals surface area contributed by atoms with Crippen molar-refractivity contribution >= 4 is 34.2 Å². The summed E-state index contributed by atoms with van der Waals surface area (Å²) in [6, 6.07) is 8.18. The molecule has 1 aromatic carbocycles. The summed E-state index contributed by atoms with van der Waals surface area (Å²) in [5, 5.41) is 3.46. The number of amides is 2. The van der Waals surface area contributed by atoms with Crippen LogP contribution in [0.5, 0.6) is 0 Å². The van der Waals surface area contributed by atoms with E-state index in [2.05, 4.69) is 45.1 Å². The van der Waals surface area contributed by atoms with E-state index in [0.29, 0.717) is 16.5 Å². The van der Waals surface area contributed by atoms with Gasteiger partial charge in [-0.3, -0.25) is 9.59 Å². The van der Waals surface area contributed by atoms with Gasteiger partial charge in [0.05, 0.1) is 5.56 Å². The van der Waals surface area contributed by atoms with Gasteiger partial charge in [-0.25, -0.2) is 0 Å². The van der Waals surface area contributed by atoms with Gasteiger partial charge in [-0.05, 0) is 53.4 Å². The third kappa shape index (κ3) is 4.96. The number of nitrogens with two attached hydrogens (primary N) is 1. The van der Waals surface area contributed by atoms with Crippen molar-refractivity contribution in [3.05, 3.63) is 57.5 Å². The minimum atomic E-state index is -0.463. The summed E-state index contributed by atoms with van der Waals surface area (Å²) in [5.74, 6) is -0.0751. The lowest BCUT2D eigenvalue weighted by atomic mass is 9.85. The fourth-order valence-corrected chi connectivity index (χ4v) is 5.14. The number of carbonyl (C=O) groups is 2. The van der Waals surface area contributed by atoms with Gasteiger partial charge >= 0.3 is 0 Å². The van der Waals surface area contributed by atoms with Crippen LogP contribution in [0.25, 0.3) is 6.08 Å². The van der Waals surface area contributed by atoms with Crippen LogP contribution >= 0.6 is 11.3 Å². The average Bonchev–Trinajstić information content (AvgIpc) is 3.02. The van der Waals surface area contributed by atoms with Crippen LogP contribution in [-0.2, 0) is 23.1 Å². The molecule has 0 radical (unpaired) electrons. The Bertz CT molecular complexity index is 933. The molecule has 1 atom stereocenters. The molecule has 3 rings (SSSR count). The van der Waals surface area contributed by atoms with Crippen molar-refractivity contribution in [3.8, 4) is 0 Å². The van der Waals surface area contributed by atoms with E-state index in [1.807, 2.05) is 12.1 Å². The van der Waals surface area contributed by atoms with E-state index in [1.165, 1.54) is 27.9 Å². The summed E-state index contributed by atoms with van der Waals surface area (Å²) in [6.07, 6.45) is 7.30. The highest BCUT2D eigenvalue weighted by atomic mass is 32.1. The first kappa shape index (κ1) is 21.3. The fraction of sp³-hybridized carbons (Fsp3) is 0.417. The maximum atomic E-state index is 12.5. The van der Waals surface area contributed by atoms with E-state index in [4.69, 9.17) is 5.73 Å². The SMILES string of the molecule is CCC1CCc2c(sc(NC(=O)/C=C/c3ccc(C(C)(C)C)cc3)c2C(N)=O)C1. The van der Waals surface area contributed by atoms with Crippen molar-refractivity contribution in [1.82, 2.24) is 0 Å². The smallest absolute Gasteiger partial charge is 0.251 e. The quantitative estimate of drug-likeness (QED) is 0.656. The van der Waals surface area contributed by atoms with Gasteiger partial charge < -0.3 is 11.1 Å². The summed E-state index contributed by atoms with van der Waals surface area (Å²) in [7, 11) is 0. The van der Waals surface area contributed by atoms with Gasteiger partial charge in [-0.15, -0.1) is 11.3 Å². The van der Waals surface area contributed by atoms with Gasteiger partial charge in [0.25, 0.3) is 5.91 Å². The van der Waals surface area contributed by atoms with E-state index >= 15 is 0 Å². The van der Waals surface area contributed by atoms with Crippen molar-refractivity contribution < 1.29 is 9.59 Å². The molecule has 4 nitrogen and oxygen atoms in total. The average molecular weight is 411 g/mol. The van der Waals surface area contributed by atoms with Gasteiger partial charge in [0, 0.05) is 11.0 Å². The number of primary amides is 1. The molecule has 1 aliphatic carbocycles. The first-order chi connectivity index (χ1) is 13.7. The van der Waals surface area contributed by atoms with Crippen molar-refractivity contribution in [3.63, 3.8) is 0 Å². The van der Waals surface area contributed by atoms with Gasteiger partial charge in [0.2, 0.25) is 5.91 Å². The molecule has 1 aliphatic rings. The van der Waals surface area contributed by atoms with Crippen LogP contribution in [0, 0.1) is 5.92 Å². The molecule has 0 aliphatic heterocycles. The molecular weight excluding hydrogens is 380 g/mol. The maximum absolute atomic E-state index is 12.5. The van der Waals surface area contributed by atoms with E-state index in [9.17, 15) is 9.59 Å². The van der Waals surface area contributed by atoms with Crippen LogP contribution in [-0.4, -0.2) is 11.8 Å². The zero-order chi connectivity index (χ0) is 21.2. The van der Waals surface area contributed by atoms with Crippen molar-refractivity contribution in [2.24, 2.45) is 11.7 Å². The van der Waals surface area contributed by atoms with Crippen LogP contribution in [0.3, 0.4) is 0 Å². The van der Waals surface area contributed by atoms with E-state index < -0.39 is 5.91 Å². The zero-order valence-electron chi connectivity index (χ0n) is 17.7. The number of hydrogen-bond donors (Lipinski definition) is 2. The second-order valence-corrected chi connectivity index (χ2v) is 9.89. The van der Waals surface area contributed by atoms with E-state index in [1.54, 1.807) is 6.08 Å². The fourth-order valence-electron chi connectivity index (χ4n) is 3.77. The standard InChI is InChI=1S/C24H30N2O2S/c1-5-15-8-12-18-19(14-15)29-23(21(18)22(25)28)26-20(27)13-9-16-6-10-17(11-7-16)24(2,3)4/h6-7,9-11,13,15H,5,8,12,14H2,1-4H3,(H2,25,28)(H,26,27)/b13-9+. The normalized spacial score (nSPS) is 16.6. The summed E-state index contributed by atoms with van der Waals surface area (Å²) >= 11 is 1.50. The van der Waals surface area contributed by atoms with Crippen molar-refractivity contribution in [2.75, 3.05) is 5.32 Å². The maximum Gasteiger partial charge on any atom is 0.251 e. The largest absolute Gasteiger partial charge is 0.365 e. The molecule has 0 saturated heterocycles. The molecule has 2 amide bonds. The van der Waals surface area contributed by atoms with Gasteiger partial charge in [-0.1, -0.05) is 58.4 Å². The molecule has 2 aromatic rings. The molecule has 0 saturated carbocycles. The second kappa shape index (κ2) is 8.54. The molecule has 3 N–H and O–H groups in total. The molecule has 5 heteroatoms. The molecule has 1 heterocycles. The van der Waals surface area contributed by atoms with Crippen molar-refractivity contribution in [2.45, 2.75) is 58.8 Å². The Morgan fingerprint density at radius 2 is 1.93 bits per heavy atom. The van der Waals surface area contributed by atoms with Crippen LogP contribution in [0.1, 0.15) is 72.5 Å². The Morgan fingerprint density at radius 1 is 1.24 bits per heavy atom. The van der Waals surface area contributed by atoms with Gasteiger partial charge in [0.1, 0.15) is 5.00 Å². The number of anilines is 1. The molecule has 0 bridgehead atoms. The Balaban J connectivity index is 1.74. The van der Waals surface area contributed by atoms with E-state index in [0.717, 1.165) is 36.8 Å². The van der Waals surface area contributed by atoms with Crippen LogP contribution in [0.4, 0.5) is 5.00 Å². The summed E-state index contributed by atoms with van der Waals surface area (Å²) in [5.41, 5.74) is 9.47. The monoisotopic (exact) mass is 410 g/mol.